The standard InChI is InChI=1S/C26H32O4S/c1-20-6-12-23(13-7-20)31-24(5-3-4-21-8-10-22(28-2)11-9-21)25(27)14-16-26(17-15-25)29-18-19-30-26/h5-13,27H,3-4,14-19H2,1-2H3/b24-5+. The van der Waals surface area contributed by atoms with E-state index in [9.17, 15) is 5.11 Å². The third-order valence-corrected chi connectivity index (χ3v) is 7.56. The summed E-state index contributed by atoms with van der Waals surface area (Å²) in [5.41, 5.74) is 1.66. The lowest BCUT2D eigenvalue weighted by Crippen LogP contribution is -2.44. The number of aliphatic hydroxyl groups is 1. The van der Waals surface area contributed by atoms with Crippen molar-refractivity contribution in [2.75, 3.05) is 20.3 Å². The van der Waals surface area contributed by atoms with Crippen molar-refractivity contribution in [3.05, 3.63) is 70.6 Å². The molecule has 5 heteroatoms. The van der Waals surface area contributed by atoms with Gasteiger partial charge >= 0.3 is 0 Å². The van der Waals surface area contributed by atoms with E-state index in [1.165, 1.54) is 11.1 Å². The molecule has 0 radical (unpaired) electrons. The van der Waals surface area contributed by atoms with Crippen LogP contribution in [0.1, 0.15) is 43.2 Å². The Morgan fingerprint density at radius 3 is 2.26 bits per heavy atom. The van der Waals surface area contributed by atoms with Crippen molar-refractivity contribution in [3.8, 4) is 5.75 Å². The number of hydrogen-bond acceptors (Lipinski definition) is 5. The molecular formula is C26H32O4S. The largest absolute Gasteiger partial charge is 0.497 e. The van der Waals surface area contributed by atoms with Gasteiger partial charge in [-0.3, -0.25) is 0 Å². The number of ether oxygens (including phenoxy) is 3. The monoisotopic (exact) mass is 440 g/mol. The molecule has 1 aliphatic heterocycles. The maximum atomic E-state index is 11.6. The molecule has 1 saturated heterocycles. The molecule has 0 unspecified atom stereocenters. The van der Waals surface area contributed by atoms with Crippen LogP contribution in [0.15, 0.2) is 64.4 Å². The summed E-state index contributed by atoms with van der Waals surface area (Å²) in [6.07, 6.45) is 6.79. The molecule has 1 saturated carbocycles. The van der Waals surface area contributed by atoms with E-state index in [1.807, 2.05) is 12.1 Å². The minimum atomic E-state index is -0.837. The average molecular weight is 441 g/mol. The zero-order valence-corrected chi connectivity index (χ0v) is 19.2. The minimum absolute atomic E-state index is 0.477. The molecule has 0 amide bonds. The van der Waals surface area contributed by atoms with Gasteiger partial charge in [0.1, 0.15) is 5.75 Å². The van der Waals surface area contributed by atoms with E-state index >= 15 is 0 Å². The van der Waals surface area contributed by atoms with Gasteiger partial charge in [0.2, 0.25) is 0 Å². The lowest BCUT2D eigenvalue weighted by molar-refractivity contribution is -0.196. The number of allylic oxidation sites excluding steroid dienone is 1. The normalized spacial score (nSPS) is 20.2. The van der Waals surface area contributed by atoms with Gasteiger partial charge in [-0.15, -0.1) is 0 Å². The van der Waals surface area contributed by atoms with Crippen LogP contribution >= 0.6 is 11.8 Å². The summed E-state index contributed by atoms with van der Waals surface area (Å²) in [5.74, 6) is 0.395. The van der Waals surface area contributed by atoms with E-state index in [0.29, 0.717) is 26.1 Å². The predicted octanol–water partition coefficient (Wildman–Crippen LogP) is 5.66. The Kier molecular flexibility index (Phi) is 7.07. The van der Waals surface area contributed by atoms with Crippen LogP contribution in [-0.4, -0.2) is 36.8 Å². The molecule has 1 heterocycles. The van der Waals surface area contributed by atoms with Crippen LogP contribution in [0.5, 0.6) is 5.75 Å². The van der Waals surface area contributed by atoms with Gasteiger partial charge in [-0.05, 0) is 62.4 Å². The molecule has 0 atom stereocenters. The zero-order chi connectivity index (χ0) is 21.7. The van der Waals surface area contributed by atoms with Crippen LogP contribution in [0.4, 0.5) is 0 Å². The van der Waals surface area contributed by atoms with Crippen LogP contribution in [0, 0.1) is 6.92 Å². The van der Waals surface area contributed by atoms with Gasteiger partial charge in [0.05, 0.1) is 25.9 Å². The summed E-state index contributed by atoms with van der Waals surface area (Å²) in [7, 11) is 1.68. The summed E-state index contributed by atoms with van der Waals surface area (Å²) in [5, 5.41) is 11.6. The number of benzene rings is 2. The second-order valence-electron chi connectivity index (χ2n) is 8.51. The van der Waals surface area contributed by atoms with Crippen molar-refractivity contribution in [2.45, 2.75) is 61.7 Å². The van der Waals surface area contributed by atoms with Crippen LogP contribution in [0.3, 0.4) is 0 Å². The minimum Gasteiger partial charge on any atom is -0.497 e. The summed E-state index contributed by atoms with van der Waals surface area (Å²) >= 11 is 1.68. The first-order valence-corrected chi connectivity index (χ1v) is 11.9. The highest BCUT2D eigenvalue weighted by molar-refractivity contribution is 8.03. The summed E-state index contributed by atoms with van der Waals surface area (Å²) in [6.45, 7) is 3.40. The van der Waals surface area contributed by atoms with E-state index in [2.05, 4.69) is 49.4 Å². The Balaban J connectivity index is 1.48. The highest BCUT2D eigenvalue weighted by Crippen LogP contribution is 2.47. The Morgan fingerprint density at radius 2 is 1.65 bits per heavy atom. The summed E-state index contributed by atoms with van der Waals surface area (Å²) < 4.78 is 17.0. The zero-order valence-electron chi connectivity index (χ0n) is 18.4. The number of rotatable bonds is 7. The Labute approximate surface area is 189 Å². The summed E-state index contributed by atoms with van der Waals surface area (Å²) in [6, 6.07) is 16.7. The van der Waals surface area contributed by atoms with Crippen molar-refractivity contribution in [1.82, 2.24) is 0 Å². The SMILES string of the molecule is COc1ccc(CC/C=C(/Sc2ccc(C)cc2)C2(O)CCC3(CC2)OCCO3)cc1. The first-order chi connectivity index (χ1) is 15.0. The maximum absolute atomic E-state index is 11.6. The lowest BCUT2D eigenvalue weighted by atomic mass is 9.80. The number of methoxy groups -OCH3 is 1. The van der Waals surface area contributed by atoms with Crippen LogP contribution in [0.25, 0.3) is 0 Å². The van der Waals surface area contributed by atoms with Crippen molar-refractivity contribution in [1.29, 1.82) is 0 Å². The molecule has 166 valence electrons. The number of aryl methyl sites for hydroxylation is 2. The van der Waals surface area contributed by atoms with Gasteiger partial charge in [-0.2, -0.15) is 0 Å². The van der Waals surface area contributed by atoms with Crippen LogP contribution < -0.4 is 4.74 Å². The van der Waals surface area contributed by atoms with Crippen molar-refractivity contribution >= 4 is 11.8 Å². The van der Waals surface area contributed by atoms with Crippen LogP contribution in [0.2, 0.25) is 0 Å². The third kappa shape index (κ3) is 5.53. The first kappa shape index (κ1) is 22.4. The van der Waals surface area contributed by atoms with Gasteiger partial charge < -0.3 is 19.3 Å². The van der Waals surface area contributed by atoms with Gasteiger partial charge in [0, 0.05) is 22.6 Å². The molecule has 31 heavy (non-hydrogen) atoms. The van der Waals surface area contributed by atoms with Gasteiger partial charge in [-0.1, -0.05) is 47.7 Å². The Bertz CT molecular complexity index is 873. The van der Waals surface area contributed by atoms with Crippen LogP contribution in [-0.2, 0) is 15.9 Å². The molecule has 2 aliphatic rings. The van der Waals surface area contributed by atoms with E-state index in [4.69, 9.17) is 14.2 Å². The van der Waals surface area contributed by atoms with E-state index in [1.54, 1.807) is 18.9 Å². The van der Waals surface area contributed by atoms with E-state index < -0.39 is 11.4 Å². The highest BCUT2D eigenvalue weighted by atomic mass is 32.2. The number of hydrogen-bond donors (Lipinski definition) is 1. The molecule has 4 nitrogen and oxygen atoms in total. The highest BCUT2D eigenvalue weighted by Gasteiger charge is 2.47. The third-order valence-electron chi connectivity index (χ3n) is 6.28. The maximum Gasteiger partial charge on any atom is 0.168 e. The van der Waals surface area contributed by atoms with Crippen molar-refractivity contribution in [2.24, 2.45) is 0 Å². The Hall–Kier alpha value is -1.79. The van der Waals surface area contributed by atoms with Gasteiger partial charge in [0.15, 0.2) is 5.79 Å². The lowest BCUT2D eigenvalue weighted by Gasteiger charge is -2.41. The average Bonchev–Trinajstić information content (AvgIpc) is 3.26. The van der Waals surface area contributed by atoms with Crippen molar-refractivity contribution in [3.63, 3.8) is 0 Å². The molecule has 2 fully saturated rings. The second-order valence-corrected chi connectivity index (χ2v) is 9.62. The molecule has 2 aromatic carbocycles. The summed E-state index contributed by atoms with van der Waals surface area (Å²) in [4.78, 5) is 2.20. The fourth-order valence-corrected chi connectivity index (χ4v) is 5.42. The van der Waals surface area contributed by atoms with Crippen molar-refractivity contribution < 1.29 is 19.3 Å². The predicted molar refractivity (Wildman–Crippen MR) is 124 cm³/mol. The molecule has 4 rings (SSSR count). The molecule has 0 aromatic heterocycles. The molecule has 0 bridgehead atoms. The second kappa shape index (κ2) is 9.78. The van der Waals surface area contributed by atoms with E-state index in [0.717, 1.165) is 41.2 Å². The fraction of sp³-hybridized carbons (Fsp3) is 0.462. The van der Waals surface area contributed by atoms with Gasteiger partial charge in [0.25, 0.3) is 0 Å². The van der Waals surface area contributed by atoms with E-state index in [-0.39, 0.29) is 0 Å². The number of thioether (sulfide) groups is 1. The molecule has 1 aliphatic carbocycles. The Morgan fingerprint density at radius 1 is 1.00 bits per heavy atom. The van der Waals surface area contributed by atoms with Gasteiger partial charge in [-0.25, -0.2) is 0 Å². The quantitative estimate of drug-likeness (QED) is 0.563. The molecule has 2 aromatic rings. The first-order valence-electron chi connectivity index (χ1n) is 11.1. The fourth-order valence-electron chi connectivity index (χ4n) is 4.30. The molecule has 1 N–H and O–H groups in total. The molecule has 1 spiro atoms. The molecular weight excluding hydrogens is 408 g/mol. The smallest absolute Gasteiger partial charge is 0.168 e. The topological polar surface area (TPSA) is 47.9 Å².